The Bertz CT molecular complexity index is 536. The molecule has 5 nitrogen and oxygen atoms in total. The van der Waals surface area contributed by atoms with Crippen molar-refractivity contribution in [1.29, 1.82) is 0 Å². The molecule has 5 heteroatoms. The van der Waals surface area contributed by atoms with Crippen molar-refractivity contribution in [2.45, 2.75) is 25.4 Å². The predicted molar refractivity (Wildman–Crippen MR) is 73.8 cm³/mol. The van der Waals surface area contributed by atoms with Gasteiger partial charge in [-0.05, 0) is 43.2 Å². The van der Waals surface area contributed by atoms with Crippen molar-refractivity contribution < 1.29 is 14.3 Å². The lowest BCUT2D eigenvalue weighted by Crippen LogP contribution is -2.38. The lowest BCUT2D eigenvalue weighted by Gasteiger charge is -2.21. The number of carbonyl (C=O) groups excluding carboxylic acids is 1. The zero-order chi connectivity index (χ0) is 14.4. The standard InChI is InChI=1S/C15H18N2O3/c1-15(19,13-3-2-10-20-13)11-17-14(18)5-4-12-6-8-16-9-7-12/h2-3,6-10,19H,4-5,11H2,1H3,(H,17,18). The summed E-state index contributed by atoms with van der Waals surface area (Å²) in [6.07, 6.45) is 5.93. The third kappa shape index (κ3) is 3.93. The number of hydrogen-bond donors (Lipinski definition) is 2. The van der Waals surface area contributed by atoms with Gasteiger partial charge in [-0.1, -0.05) is 0 Å². The van der Waals surface area contributed by atoms with Gasteiger partial charge in [-0.2, -0.15) is 0 Å². The van der Waals surface area contributed by atoms with Crippen LogP contribution in [0.15, 0.2) is 47.3 Å². The largest absolute Gasteiger partial charge is 0.466 e. The number of pyridine rings is 1. The Hall–Kier alpha value is -2.14. The molecule has 1 unspecified atom stereocenters. The Morgan fingerprint density at radius 1 is 1.40 bits per heavy atom. The van der Waals surface area contributed by atoms with Crippen molar-refractivity contribution in [2.24, 2.45) is 0 Å². The highest BCUT2D eigenvalue weighted by molar-refractivity contribution is 5.76. The number of furan rings is 1. The molecule has 0 fully saturated rings. The molecular weight excluding hydrogens is 256 g/mol. The first-order valence-corrected chi connectivity index (χ1v) is 6.50. The molecule has 106 valence electrons. The summed E-state index contributed by atoms with van der Waals surface area (Å²) in [6, 6.07) is 7.15. The van der Waals surface area contributed by atoms with Crippen LogP contribution in [0.2, 0.25) is 0 Å². The minimum absolute atomic E-state index is 0.103. The molecule has 0 spiro atoms. The number of nitrogens with zero attached hydrogens (tertiary/aromatic N) is 1. The van der Waals surface area contributed by atoms with Crippen LogP contribution in [-0.4, -0.2) is 22.5 Å². The first-order valence-electron chi connectivity index (χ1n) is 6.50. The van der Waals surface area contributed by atoms with Crippen molar-refractivity contribution in [3.8, 4) is 0 Å². The molecule has 0 aliphatic heterocycles. The molecule has 2 rings (SSSR count). The molecule has 2 aromatic rings. The second-order valence-corrected chi connectivity index (χ2v) is 4.88. The van der Waals surface area contributed by atoms with Gasteiger partial charge in [-0.25, -0.2) is 0 Å². The number of amides is 1. The molecule has 0 aromatic carbocycles. The summed E-state index contributed by atoms with van der Waals surface area (Å²) < 4.78 is 5.15. The van der Waals surface area contributed by atoms with Gasteiger partial charge in [0, 0.05) is 18.8 Å². The van der Waals surface area contributed by atoms with Crippen molar-refractivity contribution >= 4 is 5.91 Å². The third-order valence-electron chi connectivity index (χ3n) is 3.07. The molecule has 2 aromatic heterocycles. The van der Waals surface area contributed by atoms with Crippen LogP contribution in [0.5, 0.6) is 0 Å². The average Bonchev–Trinajstić information content (AvgIpc) is 2.99. The maximum absolute atomic E-state index is 11.8. The van der Waals surface area contributed by atoms with Crippen LogP contribution in [0.3, 0.4) is 0 Å². The SMILES string of the molecule is CC(O)(CNC(=O)CCc1ccncc1)c1ccco1. The summed E-state index contributed by atoms with van der Waals surface area (Å²) in [7, 11) is 0. The minimum Gasteiger partial charge on any atom is -0.466 e. The molecule has 2 heterocycles. The Kier molecular flexibility index (Phi) is 4.53. The van der Waals surface area contributed by atoms with E-state index in [0.29, 0.717) is 18.6 Å². The first-order chi connectivity index (χ1) is 9.58. The van der Waals surface area contributed by atoms with Crippen LogP contribution in [-0.2, 0) is 16.8 Å². The van der Waals surface area contributed by atoms with E-state index in [-0.39, 0.29) is 12.5 Å². The van der Waals surface area contributed by atoms with Gasteiger partial charge in [-0.3, -0.25) is 9.78 Å². The summed E-state index contributed by atoms with van der Waals surface area (Å²) in [5, 5.41) is 12.9. The predicted octanol–water partition coefficient (Wildman–Crippen LogP) is 1.63. The molecule has 20 heavy (non-hydrogen) atoms. The summed E-state index contributed by atoms with van der Waals surface area (Å²) in [5.74, 6) is 0.334. The Morgan fingerprint density at radius 2 is 2.15 bits per heavy atom. The fourth-order valence-corrected chi connectivity index (χ4v) is 1.84. The van der Waals surface area contributed by atoms with Crippen molar-refractivity contribution in [3.05, 3.63) is 54.2 Å². The summed E-state index contributed by atoms with van der Waals surface area (Å²) in [5.41, 5.74) is -0.136. The van der Waals surface area contributed by atoms with E-state index in [0.717, 1.165) is 5.56 Å². The molecule has 1 amide bonds. The molecule has 1 atom stereocenters. The highest BCUT2D eigenvalue weighted by Gasteiger charge is 2.26. The van der Waals surface area contributed by atoms with Gasteiger partial charge in [0.15, 0.2) is 0 Å². The molecule has 0 bridgehead atoms. The minimum atomic E-state index is -1.20. The average molecular weight is 274 g/mol. The molecular formula is C15H18N2O3. The first kappa shape index (κ1) is 14.3. The highest BCUT2D eigenvalue weighted by atomic mass is 16.4. The topological polar surface area (TPSA) is 75.4 Å². The number of hydrogen-bond acceptors (Lipinski definition) is 4. The Morgan fingerprint density at radius 3 is 2.80 bits per heavy atom. The molecule has 0 saturated carbocycles. The lowest BCUT2D eigenvalue weighted by atomic mass is 10.0. The number of rotatable bonds is 6. The van der Waals surface area contributed by atoms with E-state index in [4.69, 9.17) is 4.42 Å². The van der Waals surface area contributed by atoms with E-state index in [1.54, 1.807) is 31.5 Å². The van der Waals surface area contributed by atoms with Crippen molar-refractivity contribution in [2.75, 3.05) is 6.54 Å². The molecule has 0 aliphatic carbocycles. The maximum Gasteiger partial charge on any atom is 0.220 e. The number of aryl methyl sites for hydroxylation is 1. The van der Waals surface area contributed by atoms with Gasteiger partial charge in [0.1, 0.15) is 11.4 Å². The highest BCUT2D eigenvalue weighted by Crippen LogP contribution is 2.19. The lowest BCUT2D eigenvalue weighted by molar-refractivity contribution is -0.122. The van der Waals surface area contributed by atoms with Gasteiger partial charge in [0.2, 0.25) is 5.91 Å². The Balaban J connectivity index is 1.78. The van der Waals surface area contributed by atoms with Gasteiger partial charge in [0.25, 0.3) is 0 Å². The smallest absolute Gasteiger partial charge is 0.220 e. The van der Waals surface area contributed by atoms with Crippen LogP contribution < -0.4 is 5.32 Å². The van der Waals surface area contributed by atoms with E-state index < -0.39 is 5.60 Å². The molecule has 0 radical (unpaired) electrons. The van der Waals surface area contributed by atoms with E-state index >= 15 is 0 Å². The second-order valence-electron chi connectivity index (χ2n) is 4.88. The van der Waals surface area contributed by atoms with Crippen molar-refractivity contribution in [3.63, 3.8) is 0 Å². The van der Waals surface area contributed by atoms with E-state index in [9.17, 15) is 9.90 Å². The molecule has 0 saturated heterocycles. The maximum atomic E-state index is 11.8. The van der Waals surface area contributed by atoms with Crippen LogP contribution in [0, 0.1) is 0 Å². The number of carbonyl (C=O) groups is 1. The summed E-state index contributed by atoms with van der Waals surface area (Å²) in [6.45, 7) is 1.73. The van der Waals surface area contributed by atoms with Crippen LogP contribution in [0.4, 0.5) is 0 Å². The Labute approximate surface area is 117 Å². The summed E-state index contributed by atoms with van der Waals surface area (Å²) >= 11 is 0. The van der Waals surface area contributed by atoms with Crippen molar-refractivity contribution in [1.82, 2.24) is 10.3 Å². The quantitative estimate of drug-likeness (QED) is 0.839. The van der Waals surface area contributed by atoms with E-state index in [1.807, 2.05) is 12.1 Å². The van der Waals surface area contributed by atoms with Crippen LogP contribution >= 0.6 is 0 Å². The number of aliphatic hydroxyl groups is 1. The van der Waals surface area contributed by atoms with Gasteiger partial charge >= 0.3 is 0 Å². The third-order valence-corrected chi connectivity index (χ3v) is 3.07. The molecule has 2 N–H and O–H groups in total. The normalized spacial score (nSPS) is 13.7. The number of aromatic nitrogens is 1. The number of nitrogens with one attached hydrogen (secondary N) is 1. The second kappa shape index (κ2) is 6.34. The fraction of sp³-hybridized carbons (Fsp3) is 0.333. The van der Waals surface area contributed by atoms with E-state index in [2.05, 4.69) is 10.3 Å². The van der Waals surface area contributed by atoms with Gasteiger partial charge < -0.3 is 14.8 Å². The van der Waals surface area contributed by atoms with Crippen LogP contribution in [0.1, 0.15) is 24.7 Å². The van der Waals surface area contributed by atoms with Gasteiger partial charge in [-0.15, -0.1) is 0 Å². The zero-order valence-electron chi connectivity index (χ0n) is 11.4. The fourth-order valence-electron chi connectivity index (χ4n) is 1.84. The summed E-state index contributed by atoms with van der Waals surface area (Å²) in [4.78, 5) is 15.7. The van der Waals surface area contributed by atoms with E-state index in [1.165, 1.54) is 6.26 Å². The zero-order valence-corrected chi connectivity index (χ0v) is 11.4. The van der Waals surface area contributed by atoms with Crippen LogP contribution in [0.25, 0.3) is 0 Å². The monoisotopic (exact) mass is 274 g/mol. The molecule has 0 aliphatic rings. The van der Waals surface area contributed by atoms with Gasteiger partial charge in [0.05, 0.1) is 12.8 Å².